The fourth-order valence-electron chi connectivity index (χ4n) is 1.68. The van der Waals surface area contributed by atoms with Crippen LogP contribution in [-0.4, -0.2) is 13.2 Å². The Morgan fingerprint density at radius 1 is 1.30 bits per heavy atom. The Labute approximate surface area is 118 Å². The van der Waals surface area contributed by atoms with Crippen molar-refractivity contribution in [1.82, 2.24) is 5.32 Å². The SMILES string of the molecule is CC(C)CNCc1cc(F)c(OCCCC#N)c(F)c1. The van der Waals surface area contributed by atoms with Crippen LogP contribution >= 0.6 is 0 Å². The molecule has 1 aromatic carbocycles. The van der Waals surface area contributed by atoms with Gasteiger partial charge in [0.1, 0.15) is 0 Å². The monoisotopic (exact) mass is 282 g/mol. The highest BCUT2D eigenvalue weighted by Gasteiger charge is 2.12. The molecular weight excluding hydrogens is 262 g/mol. The van der Waals surface area contributed by atoms with Crippen molar-refractivity contribution in [2.24, 2.45) is 5.92 Å². The van der Waals surface area contributed by atoms with Crippen LogP contribution in [0.4, 0.5) is 8.78 Å². The second-order valence-electron chi connectivity index (χ2n) is 5.02. The van der Waals surface area contributed by atoms with Crippen LogP contribution in [0.3, 0.4) is 0 Å². The lowest BCUT2D eigenvalue weighted by atomic mass is 10.1. The quantitative estimate of drug-likeness (QED) is 0.743. The van der Waals surface area contributed by atoms with Crippen LogP contribution in [0.25, 0.3) is 0 Å². The van der Waals surface area contributed by atoms with E-state index in [0.717, 1.165) is 6.54 Å². The first-order valence-corrected chi connectivity index (χ1v) is 6.73. The standard InChI is InChI=1S/C15H20F2N2O/c1-11(2)9-19-10-12-7-13(16)15(14(17)8-12)20-6-4-3-5-18/h7-8,11,19H,3-4,6,9-10H2,1-2H3. The van der Waals surface area contributed by atoms with Crippen LogP contribution in [0.2, 0.25) is 0 Å². The number of hydrogen-bond acceptors (Lipinski definition) is 3. The maximum absolute atomic E-state index is 13.7. The summed E-state index contributed by atoms with van der Waals surface area (Å²) in [6.07, 6.45) is 0.757. The van der Waals surface area contributed by atoms with Gasteiger partial charge in [-0.25, -0.2) is 8.78 Å². The maximum atomic E-state index is 13.7. The Bertz CT molecular complexity index is 446. The molecule has 0 radical (unpaired) electrons. The molecule has 0 atom stereocenters. The summed E-state index contributed by atoms with van der Waals surface area (Å²) in [6, 6.07) is 4.50. The zero-order valence-corrected chi connectivity index (χ0v) is 11.9. The lowest BCUT2D eigenvalue weighted by Crippen LogP contribution is -2.19. The van der Waals surface area contributed by atoms with E-state index in [4.69, 9.17) is 10.00 Å². The molecule has 0 unspecified atom stereocenters. The second-order valence-corrected chi connectivity index (χ2v) is 5.02. The van der Waals surface area contributed by atoms with Gasteiger partial charge in [-0.15, -0.1) is 0 Å². The second kappa shape index (κ2) is 8.49. The molecule has 1 rings (SSSR count). The van der Waals surface area contributed by atoms with Gasteiger partial charge in [-0.3, -0.25) is 0 Å². The lowest BCUT2D eigenvalue weighted by molar-refractivity contribution is 0.281. The molecule has 0 fully saturated rings. The zero-order chi connectivity index (χ0) is 15.0. The van der Waals surface area contributed by atoms with Crippen molar-refractivity contribution >= 4 is 0 Å². The third-order valence-electron chi connectivity index (χ3n) is 2.62. The summed E-state index contributed by atoms with van der Waals surface area (Å²) < 4.78 is 32.5. The van der Waals surface area contributed by atoms with Crippen LogP contribution in [0.5, 0.6) is 5.75 Å². The van der Waals surface area contributed by atoms with Gasteiger partial charge in [0.25, 0.3) is 0 Å². The van der Waals surface area contributed by atoms with Gasteiger partial charge >= 0.3 is 0 Å². The van der Waals surface area contributed by atoms with Crippen LogP contribution < -0.4 is 10.1 Å². The first-order valence-electron chi connectivity index (χ1n) is 6.73. The smallest absolute Gasteiger partial charge is 0.190 e. The number of hydrogen-bond donors (Lipinski definition) is 1. The van der Waals surface area contributed by atoms with Crippen molar-refractivity contribution in [1.29, 1.82) is 5.26 Å². The van der Waals surface area contributed by atoms with Gasteiger partial charge in [-0.05, 0) is 36.6 Å². The number of rotatable bonds is 8. The van der Waals surface area contributed by atoms with Crippen molar-refractivity contribution in [3.8, 4) is 11.8 Å². The summed E-state index contributed by atoms with van der Waals surface area (Å²) in [5.41, 5.74) is 0.546. The number of nitriles is 1. The molecule has 0 aromatic heterocycles. The third-order valence-corrected chi connectivity index (χ3v) is 2.62. The Hall–Kier alpha value is -1.67. The first-order chi connectivity index (χ1) is 9.54. The normalized spacial score (nSPS) is 10.6. The molecule has 0 saturated heterocycles. The fraction of sp³-hybridized carbons (Fsp3) is 0.533. The van der Waals surface area contributed by atoms with Crippen LogP contribution in [0.15, 0.2) is 12.1 Å². The molecular formula is C15H20F2N2O. The Balaban J connectivity index is 2.59. The van der Waals surface area contributed by atoms with Gasteiger partial charge in [0.05, 0.1) is 12.7 Å². The van der Waals surface area contributed by atoms with E-state index in [1.54, 1.807) is 0 Å². The van der Waals surface area contributed by atoms with E-state index in [1.807, 2.05) is 6.07 Å². The average Bonchev–Trinajstić information content (AvgIpc) is 2.36. The maximum Gasteiger partial charge on any atom is 0.190 e. The first kappa shape index (κ1) is 16.4. The highest BCUT2D eigenvalue weighted by Crippen LogP contribution is 2.23. The minimum Gasteiger partial charge on any atom is -0.488 e. The van der Waals surface area contributed by atoms with Gasteiger partial charge < -0.3 is 10.1 Å². The summed E-state index contributed by atoms with van der Waals surface area (Å²) in [5, 5.41) is 11.5. The summed E-state index contributed by atoms with van der Waals surface area (Å²) in [6.45, 7) is 5.46. The molecule has 0 aliphatic carbocycles. The molecule has 0 bridgehead atoms. The summed E-state index contributed by atoms with van der Waals surface area (Å²) in [5.74, 6) is -1.30. The van der Waals surface area contributed by atoms with Crippen LogP contribution in [-0.2, 0) is 6.54 Å². The van der Waals surface area contributed by atoms with E-state index in [0.29, 0.717) is 30.9 Å². The number of ether oxygens (including phenoxy) is 1. The molecule has 0 spiro atoms. The lowest BCUT2D eigenvalue weighted by Gasteiger charge is -2.11. The zero-order valence-electron chi connectivity index (χ0n) is 11.9. The van der Waals surface area contributed by atoms with Gasteiger partial charge in [-0.2, -0.15) is 5.26 Å². The largest absolute Gasteiger partial charge is 0.488 e. The van der Waals surface area contributed by atoms with Gasteiger partial charge in [0.2, 0.25) is 0 Å². The minimum absolute atomic E-state index is 0.131. The van der Waals surface area contributed by atoms with Crippen molar-refractivity contribution in [2.45, 2.75) is 33.2 Å². The van der Waals surface area contributed by atoms with Crippen molar-refractivity contribution in [2.75, 3.05) is 13.2 Å². The van der Waals surface area contributed by atoms with Gasteiger partial charge in [-0.1, -0.05) is 13.8 Å². The molecule has 0 aliphatic rings. The number of unbranched alkanes of at least 4 members (excludes halogenated alkanes) is 1. The van der Waals surface area contributed by atoms with E-state index < -0.39 is 11.6 Å². The minimum atomic E-state index is -0.705. The predicted octanol–water partition coefficient (Wildman–Crippen LogP) is 3.39. The number of benzene rings is 1. The van der Waals surface area contributed by atoms with E-state index in [9.17, 15) is 8.78 Å². The molecule has 5 heteroatoms. The van der Waals surface area contributed by atoms with Gasteiger partial charge in [0, 0.05) is 13.0 Å². The average molecular weight is 282 g/mol. The van der Waals surface area contributed by atoms with E-state index >= 15 is 0 Å². The van der Waals surface area contributed by atoms with Crippen LogP contribution in [0.1, 0.15) is 32.3 Å². The fourth-order valence-corrected chi connectivity index (χ4v) is 1.68. The molecule has 0 heterocycles. The predicted molar refractivity (Wildman–Crippen MR) is 73.2 cm³/mol. The molecule has 110 valence electrons. The number of nitrogens with one attached hydrogen (secondary N) is 1. The van der Waals surface area contributed by atoms with E-state index in [2.05, 4.69) is 19.2 Å². The van der Waals surface area contributed by atoms with E-state index in [-0.39, 0.29) is 12.4 Å². The summed E-state index contributed by atoms with van der Waals surface area (Å²) >= 11 is 0. The highest BCUT2D eigenvalue weighted by molar-refractivity contribution is 5.31. The molecule has 0 saturated carbocycles. The topological polar surface area (TPSA) is 45.0 Å². The molecule has 1 aromatic rings. The summed E-state index contributed by atoms with van der Waals surface area (Å²) in [7, 11) is 0. The number of nitrogens with zero attached hydrogens (tertiary/aromatic N) is 1. The molecule has 3 nitrogen and oxygen atoms in total. The van der Waals surface area contributed by atoms with Gasteiger partial charge in [0.15, 0.2) is 17.4 Å². The molecule has 1 N–H and O–H groups in total. The molecule has 0 aliphatic heterocycles. The Kier molecular flexibility index (Phi) is 6.96. The van der Waals surface area contributed by atoms with E-state index in [1.165, 1.54) is 12.1 Å². The molecule has 0 amide bonds. The Morgan fingerprint density at radius 3 is 2.50 bits per heavy atom. The highest BCUT2D eigenvalue weighted by atomic mass is 19.1. The van der Waals surface area contributed by atoms with Crippen molar-refractivity contribution < 1.29 is 13.5 Å². The van der Waals surface area contributed by atoms with Crippen LogP contribution in [0, 0.1) is 28.9 Å². The van der Waals surface area contributed by atoms with Crippen molar-refractivity contribution in [3.05, 3.63) is 29.3 Å². The number of halogens is 2. The third kappa shape index (κ3) is 5.54. The summed E-state index contributed by atoms with van der Waals surface area (Å²) in [4.78, 5) is 0. The Morgan fingerprint density at radius 2 is 1.95 bits per heavy atom. The van der Waals surface area contributed by atoms with Crippen molar-refractivity contribution in [3.63, 3.8) is 0 Å². The molecule has 20 heavy (non-hydrogen) atoms.